The van der Waals surface area contributed by atoms with E-state index in [0.29, 0.717) is 24.6 Å². The van der Waals surface area contributed by atoms with E-state index in [2.05, 4.69) is 18.8 Å². The molecule has 0 bridgehead atoms. The van der Waals surface area contributed by atoms with Crippen molar-refractivity contribution in [3.63, 3.8) is 0 Å². The monoisotopic (exact) mass is 265 g/mol. The van der Waals surface area contributed by atoms with Crippen molar-refractivity contribution in [3.05, 3.63) is 24.0 Å². The number of hydrogen-bond donors (Lipinski definition) is 1. The van der Waals surface area contributed by atoms with E-state index in [0.717, 1.165) is 6.54 Å². The molecule has 0 fully saturated rings. The second-order valence-electron chi connectivity index (χ2n) is 5.34. The minimum atomic E-state index is -0.143. The van der Waals surface area contributed by atoms with Gasteiger partial charge in [0.2, 0.25) is 0 Å². The second kappa shape index (κ2) is 7.09. The van der Waals surface area contributed by atoms with E-state index in [1.54, 1.807) is 11.0 Å². The summed E-state index contributed by atoms with van der Waals surface area (Å²) >= 11 is 0. The Hall–Kier alpha value is -1.62. The van der Waals surface area contributed by atoms with Gasteiger partial charge in [-0.05, 0) is 26.1 Å². The Kier molecular flexibility index (Phi) is 5.76. The molecule has 0 saturated heterocycles. The fourth-order valence-electron chi connectivity index (χ4n) is 1.77. The van der Waals surface area contributed by atoms with Gasteiger partial charge in [-0.3, -0.25) is 9.78 Å². The van der Waals surface area contributed by atoms with Gasteiger partial charge in [0.1, 0.15) is 5.75 Å². The molecule has 0 radical (unpaired) electrons. The summed E-state index contributed by atoms with van der Waals surface area (Å²) < 4.78 is 0. The molecular weight excluding hydrogens is 242 g/mol. The molecule has 0 spiro atoms. The predicted octanol–water partition coefficient (Wildman–Crippen LogP) is 1.45. The SMILES string of the molecule is CC(C)CN(CCN(C)C)C(=O)c1ccncc1O. The largest absolute Gasteiger partial charge is 0.505 e. The van der Waals surface area contributed by atoms with Gasteiger partial charge >= 0.3 is 0 Å². The molecule has 0 unspecified atom stereocenters. The Morgan fingerprint density at radius 2 is 2.05 bits per heavy atom. The first kappa shape index (κ1) is 15.4. The molecule has 0 aliphatic rings. The number of carbonyl (C=O) groups excluding carboxylic acids is 1. The summed E-state index contributed by atoms with van der Waals surface area (Å²) in [7, 11) is 3.95. The Morgan fingerprint density at radius 1 is 1.37 bits per heavy atom. The van der Waals surface area contributed by atoms with Crippen molar-refractivity contribution in [2.75, 3.05) is 33.7 Å². The highest BCUT2D eigenvalue weighted by Crippen LogP contribution is 2.17. The minimum Gasteiger partial charge on any atom is -0.505 e. The molecule has 106 valence electrons. The van der Waals surface area contributed by atoms with Gasteiger partial charge < -0.3 is 14.9 Å². The number of amides is 1. The van der Waals surface area contributed by atoms with Crippen molar-refractivity contribution in [1.29, 1.82) is 0 Å². The number of pyridine rings is 1. The van der Waals surface area contributed by atoms with Gasteiger partial charge in [0.15, 0.2) is 0 Å². The maximum Gasteiger partial charge on any atom is 0.257 e. The molecule has 1 N–H and O–H groups in total. The van der Waals surface area contributed by atoms with Crippen LogP contribution in [0.15, 0.2) is 18.5 Å². The molecule has 1 aromatic rings. The van der Waals surface area contributed by atoms with Crippen LogP contribution in [0.3, 0.4) is 0 Å². The topological polar surface area (TPSA) is 56.7 Å². The van der Waals surface area contributed by atoms with Crippen molar-refractivity contribution in [2.24, 2.45) is 5.92 Å². The first-order valence-electron chi connectivity index (χ1n) is 6.48. The van der Waals surface area contributed by atoms with Crippen LogP contribution in [-0.4, -0.2) is 59.5 Å². The van der Waals surface area contributed by atoms with Crippen LogP contribution in [0.1, 0.15) is 24.2 Å². The summed E-state index contributed by atoms with van der Waals surface area (Å²) in [4.78, 5) is 20.0. The zero-order valence-corrected chi connectivity index (χ0v) is 12.1. The predicted molar refractivity (Wildman–Crippen MR) is 75.2 cm³/mol. The van der Waals surface area contributed by atoms with Crippen molar-refractivity contribution < 1.29 is 9.90 Å². The van der Waals surface area contributed by atoms with Crippen molar-refractivity contribution in [3.8, 4) is 5.75 Å². The minimum absolute atomic E-state index is 0.0638. The van der Waals surface area contributed by atoms with Crippen LogP contribution in [0.2, 0.25) is 0 Å². The van der Waals surface area contributed by atoms with Crippen LogP contribution < -0.4 is 0 Å². The third kappa shape index (κ3) is 4.87. The Labute approximate surface area is 114 Å². The van der Waals surface area contributed by atoms with E-state index in [9.17, 15) is 9.90 Å². The van der Waals surface area contributed by atoms with Crippen LogP contribution in [-0.2, 0) is 0 Å². The molecule has 1 rings (SSSR count). The molecule has 1 amide bonds. The highest BCUT2D eigenvalue weighted by atomic mass is 16.3. The third-order valence-electron chi connectivity index (χ3n) is 2.72. The van der Waals surface area contributed by atoms with Gasteiger partial charge in [-0.2, -0.15) is 0 Å². The lowest BCUT2D eigenvalue weighted by atomic mass is 10.1. The lowest BCUT2D eigenvalue weighted by Gasteiger charge is -2.26. The van der Waals surface area contributed by atoms with E-state index in [1.165, 1.54) is 12.4 Å². The van der Waals surface area contributed by atoms with E-state index in [4.69, 9.17) is 0 Å². The molecule has 1 aromatic heterocycles. The zero-order chi connectivity index (χ0) is 14.4. The van der Waals surface area contributed by atoms with Gasteiger partial charge in [-0.15, -0.1) is 0 Å². The number of likely N-dealkylation sites (N-methyl/N-ethyl adjacent to an activating group) is 1. The molecule has 0 saturated carbocycles. The molecule has 5 nitrogen and oxygen atoms in total. The van der Waals surface area contributed by atoms with Gasteiger partial charge in [-0.25, -0.2) is 0 Å². The van der Waals surface area contributed by atoms with Crippen LogP contribution in [0.4, 0.5) is 0 Å². The van der Waals surface area contributed by atoms with E-state index in [1.807, 2.05) is 19.0 Å². The third-order valence-corrected chi connectivity index (χ3v) is 2.72. The van der Waals surface area contributed by atoms with Crippen molar-refractivity contribution in [2.45, 2.75) is 13.8 Å². The van der Waals surface area contributed by atoms with Crippen LogP contribution in [0, 0.1) is 5.92 Å². The molecule has 5 heteroatoms. The normalized spacial score (nSPS) is 11.1. The Morgan fingerprint density at radius 3 is 2.58 bits per heavy atom. The van der Waals surface area contributed by atoms with Crippen molar-refractivity contribution >= 4 is 5.91 Å². The quantitative estimate of drug-likeness (QED) is 0.845. The van der Waals surface area contributed by atoms with Crippen LogP contribution >= 0.6 is 0 Å². The van der Waals surface area contributed by atoms with Crippen LogP contribution in [0.5, 0.6) is 5.75 Å². The molecule has 1 heterocycles. The summed E-state index contributed by atoms with van der Waals surface area (Å²) in [5.74, 6) is 0.177. The zero-order valence-electron chi connectivity index (χ0n) is 12.1. The van der Waals surface area contributed by atoms with E-state index in [-0.39, 0.29) is 11.7 Å². The fourth-order valence-corrected chi connectivity index (χ4v) is 1.77. The average molecular weight is 265 g/mol. The molecule has 0 aliphatic heterocycles. The number of aromatic nitrogens is 1. The number of hydrogen-bond acceptors (Lipinski definition) is 4. The molecule has 0 atom stereocenters. The number of nitrogens with zero attached hydrogens (tertiary/aromatic N) is 3. The molecule has 0 aromatic carbocycles. The standard InChI is InChI=1S/C14H23N3O2/c1-11(2)10-17(8-7-16(3)4)14(19)12-5-6-15-9-13(12)18/h5-6,9,11,18H,7-8,10H2,1-4H3. The van der Waals surface area contributed by atoms with Gasteiger partial charge in [-0.1, -0.05) is 13.8 Å². The van der Waals surface area contributed by atoms with E-state index < -0.39 is 0 Å². The van der Waals surface area contributed by atoms with E-state index >= 15 is 0 Å². The highest BCUT2D eigenvalue weighted by molar-refractivity contribution is 5.96. The average Bonchev–Trinajstić information content (AvgIpc) is 2.33. The van der Waals surface area contributed by atoms with Gasteiger partial charge in [0.05, 0.1) is 11.8 Å². The Bertz CT molecular complexity index is 419. The van der Waals surface area contributed by atoms with Gasteiger partial charge in [0, 0.05) is 25.8 Å². The lowest BCUT2D eigenvalue weighted by molar-refractivity contribution is 0.0721. The van der Waals surface area contributed by atoms with Crippen LogP contribution in [0.25, 0.3) is 0 Å². The first-order valence-corrected chi connectivity index (χ1v) is 6.48. The lowest BCUT2D eigenvalue weighted by Crippen LogP contribution is -2.39. The summed E-state index contributed by atoms with van der Waals surface area (Å²) in [5.41, 5.74) is 0.314. The Balaban J connectivity index is 2.84. The first-order chi connectivity index (χ1) is 8.91. The summed E-state index contributed by atoms with van der Waals surface area (Å²) in [6.45, 7) is 6.26. The fraction of sp³-hybridized carbons (Fsp3) is 0.571. The van der Waals surface area contributed by atoms with Gasteiger partial charge in [0.25, 0.3) is 5.91 Å². The molecular formula is C14H23N3O2. The smallest absolute Gasteiger partial charge is 0.257 e. The summed E-state index contributed by atoms with van der Waals surface area (Å²) in [6, 6.07) is 1.56. The number of carbonyl (C=O) groups is 1. The molecule has 0 aliphatic carbocycles. The summed E-state index contributed by atoms with van der Waals surface area (Å²) in [5, 5.41) is 9.72. The maximum absolute atomic E-state index is 12.4. The summed E-state index contributed by atoms with van der Waals surface area (Å²) in [6.07, 6.45) is 2.82. The van der Waals surface area contributed by atoms with Crippen molar-refractivity contribution in [1.82, 2.24) is 14.8 Å². The number of rotatable bonds is 6. The maximum atomic E-state index is 12.4. The second-order valence-corrected chi connectivity index (χ2v) is 5.34. The number of aromatic hydroxyl groups is 1. The highest BCUT2D eigenvalue weighted by Gasteiger charge is 2.19. The molecule has 19 heavy (non-hydrogen) atoms.